The third-order valence-corrected chi connectivity index (χ3v) is 13.4. The lowest BCUT2D eigenvalue weighted by Gasteiger charge is -2.17. The van der Waals surface area contributed by atoms with Crippen molar-refractivity contribution in [3.63, 3.8) is 0 Å². The van der Waals surface area contributed by atoms with Gasteiger partial charge in [0, 0.05) is 12.2 Å². The summed E-state index contributed by atoms with van der Waals surface area (Å²) in [5, 5.41) is 0. The van der Waals surface area contributed by atoms with E-state index >= 15 is 0 Å². The lowest BCUT2D eigenvalue weighted by Crippen LogP contribution is -2.05. The van der Waals surface area contributed by atoms with Crippen LogP contribution in [0.1, 0.15) is 258 Å². The van der Waals surface area contributed by atoms with Gasteiger partial charge in [-0.3, -0.25) is 4.79 Å². The molecule has 4 nitrogen and oxygen atoms in total. The molecule has 0 spiro atoms. The van der Waals surface area contributed by atoms with Crippen molar-refractivity contribution in [2.24, 2.45) is 0 Å². The molecule has 0 aromatic carbocycles. The molecule has 0 unspecified atom stereocenters. The smallest absolute Gasteiger partial charge is 0.305 e. The standard InChI is InChI=1S/C45H91O4PS/c1-4-7-10-13-16-21-26-31-36-41-47-45(46)40-35-30-25-20-19-24-29-34-39-44-51-50(48-42-37-32-27-22-17-14-11-8-5-2)49-43-38-33-28-23-18-15-12-9-6-3/h4-44H2,1-3H3. The molecule has 0 aliphatic heterocycles. The second kappa shape index (κ2) is 46.3. The summed E-state index contributed by atoms with van der Waals surface area (Å²) in [6.45, 7) is 9.21. The van der Waals surface area contributed by atoms with Crippen LogP contribution in [0, 0.1) is 0 Å². The highest BCUT2D eigenvalue weighted by Crippen LogP contribution is 2.52. The molecule has 0 saturated heterocycles. The minimum absolute atomic E-state index is 0.0129. The van der Waals surface area contributed by atoms with E-state index in [4.69, 9.17) is 13.8 Å². The van der Waals surface area contributed by atoms with Crippen molar-refractivity contribution in [1.29, 1.82) is 0 Å². The highest BCUT2D eigenvalue weighted by molar-refractivity contribution is 8.52. The first kappa shape index (κ1) is 51.2. The van der Waals surface area contributed by atoms with Crippen LogP contribution in [0.4, 0.5) is 0 Å². The van der Waals surface area contributed by atoms with E-state index in [-0.39, 0.29) is 5.97 Å². The molecule has 306 valence electrons. The number of ether oxygens (including phenoxy) is 1. The van der Waals surface area contributed by atoms with Crippen molar-refractivity contribution in [2.75, 3.05) is 25.6 Å². The molecule has 0 bridgehead atoms. The molecule has 0 aliphatic carbocycles. The summed E-state index contributed by atoms with van der Waals surface area (Å²) in [5.41, 5.74) is 0. The van der Waals surface area contributed by atoms with Gasteiger partial charge in [0.2, 0.25) is 7.58 Å². The Kier molecular flexibility index (Phi) is 46.5. The summed E-state index contributed by atoms with van der Waals surface area (Å²) in [7, 11) is -0.797. The normalized spacial score (nSPS) is 11.6. The summed E-state index contributed by atoms with van der Waals surface area (Å²) < 4.78 is 18.1. The number of carbonyl (C=O) groups is 1. The molecule has 0 heterocycles. The van der Waals surface area contributed by atoms with Gasteiger partial charge in [0.25, 0.3) is 0 Å². The molecule has 0 amide bonds. The van der Waals surface area contributed by atoms with E-state index in [1.807, 2.05) is 11.4 Å². The Hall–Kier alpha value is 0.170. The first-order chi connectivity index (χ1) is 25.2. The predicted octanol–water partition coefficient (Wildman–Crippen LogP) is 17.0. The fourth-order valence-corrected chi connectivity index (χ4v) is 9.63. The van der Waals surface area contributed by atoms with Gasteiger partial charge < -0.3 is 13.8 Å². The highest BCUT2D eigenvalue weighted by Gasteiger charge is 2.12. The van der Waals surface area contributed by atoms with E-state index in [9.17, 15) is 4.79 Å². The van der Waals surface area contributed by atoms with Crippen LogP contribution < -0.4 is 0 Å². The Morgan fingerprint density at radius 3 is 1.04 bits per heavy atom. The lowest BCUT2D eigenvalue weighted by molar-refractivity contribution is -0.143. The molecule has 0 N–H and O–H groups in total. The van der Waals surface area contributed by atoms with Crippen molar-refractivity contribution in [1.82, 2.24) is 0 Å². The zero-order valence-electron chi connectivity index (χ0n) is 35.0. The van der Waals surface area contributed by atoms with E-state index in [0.29, 0.717) is 13.0 Å². The molecule has 0 fully saturated rings. The van der Waals surface area contributed by atoms with Crippen molar-refractivity contribution in [2.45, 2.75) is 258 Å². The lowest BCUT2D eigenvalue weighted by atomic mass is 10.1. The van der Waals surface area contributed by atoms with Gasteiger partial charge in [-0.1, -0.05) is 231 Å². The molecular weight excluding hydrogens is 668 g/mol. The summed E-state index contributed by atoms with van der Waals surface area (Å²) in [6.07, 6.45) is 47.9. The van der Waals surface area contributed by atoms with E-state index in [0.717, 1.165) is 38.2 Å². The van der Waals surface area contributed by atoms with Crippen LogP contribution in [0.3, 0.4) is 0 Å². The van der Waals surface area contributed by atoms with Gasteiger partial charge in [0.05, 0.1) is 19.8 Å². The number of rotatable bonds is 45. The topological polar surface area (TPSA) is 44.8 Å². The van der Waals surface area contributed by atoms with Gasteiger partial charge in [-0.25, -0.2) is 0 Å². The molecule has 0 aliphatic rings. The predicted molar refractivity (Wildman–Crippen MR) is 230 cm³/mol. The molecule has 0 aromatic rings. The Labute approximate surface area is 326 Å². The number of unbranched alkanes of at least 4 members (excludes halogenated alkanes) is 32. The van der Waals surface area contributed by atoms with Gasteiger partial charge in [0.1, 0.15) is 0 Å². The van der Waals surface area contributed by atoms with E-state index < -0.39 is 7.58 Å². The number of hydrogen-bond acceptors (Lipinski definition) is 5. The zero-order chi connectivity index (χ0) is 37.0. The Morgan fingerprint density at radius 1 is 0.373 bits per heavy atom. The number of hydrogen-bond donors (Lipinski definition) is 0. The van der Waals surface area contributed by atoms with Crippen molar-refractivity contribution in [3.8, 4) is 0 Å². The maximum atomic E-state index is 12.0. The third kappa shape index (κ3) is 44.5. The van der Waals surface area contributed by atoms with Crippen LogP contribution in [0.15, 0.2) is 0 Å². The summed E-state index contributed by atoms with van der Waals surface area (Å²) in [6, 6.07) is 0. The summed E-state index contributed by atoms with van der Waals surface area (Å²) >= 11 is 1.95. The summed E-state index contributed by atoms with van der Waals surface area (Å²) in [5.74, 6) is 1.18. The molecule has 0 rings (SSSR count). The van der Waals surface area contributed by atoms with Gasteiger partial charge in [-0.05, 0) is 32.1 Å². The molecule has 0 radical (unpaired) electrons. The minimum atomic E-state index is -0.797. The zero-order valence-corrected chi connectivity index (χ0v) is 36.7. The van der Waals surface area contributed by atoms with E-state index in [1.54, 1.807) is 0 Å². The van der Waals surface area contributed by atoms with Crippen LogP contribution in [0.2, 0.25) is 0 Å². The Morgan fingerprint density at radius 2 is 0.667 bits per heavy atom. The molecule has 51 heavy (non-hydrogen) atoms. The maximum Gasteiger partial charge on any atom is 0.305 e. The molecule has 0 atom stereocenters. The van der Waals surface area contributed by atoms with Gasteiger partial charge >= 0.3 is 5.97 Å². The SMILES string of the molecule is CCCCCCCCCCCOC(=O)CCCCCCCCCCCSP(OCCCCCCCCCCC)OCCCCCCCCCCC. The number of carbonyl (C=O) groups excluding carboxylic acids is 1. The van der Waals surface area contributed by atoms with E-state index in [2.05, 4.69) is 20.8 Å². The summed E-state index contributed by atoms with van der Waals surface area (Å²) in [4.78, 5) is 12.0. The molecular formula is C45H91O4PS. The third-order valence-electron chi connectivity index (χ3n) is 10.1. The van der Waals surface area contributed by atoms with Crippen LogP contribution >= 0.6 is 19.0 Å². The largest absolute Gasteiger partial charge is 0.466 e. The Balaban J connectivity index is 3.80. The van der Waals surface area contributed by atoms with Crippen LogP contribution in [0.25, 0.3) is 0 Å². The van der Waals surface area contributed by atoms with Gasteiger partial charge in [0.15, 0.2) is 0 Å². The van der Waals surface area contributed by atoms with Gasteiger partial charge in [-0.15, -0.1) is 0 Å². The highest BCUT2D eigenvalue weighted by atomic mass is 32.7. The minimum Gasteiger partial charge on any atom is -0.466 e. The van der Waals surface area contributed by atoms with Crippen molar-refractivity contribution >= 4 is 24.9 Å². The second-order valence-electron chi connectivity index (χ2n) is 15.4. The fraction of sp³-hybridized carbons (Fsp3) is 0.978. The van der Waals surface area contributed by atoms with Crippen LogP contribution in [-0.2, 0) is 18.6 Å². The average molecular weight is 759 g/mol. The van der Waals surface area contributed by atoms with E-state index in [1.165, 1.54) is 212 Å². The molecule has 0 aromatic heterocycles. The molecule has 0 saturated carbocycles. The van der Waals surface area contributed by atoms with Crippen LogP contribution in [0.5, 0.6) is 0 Å². The second-order valence-corrected chi connectivity index (χ2v) is 18.7. The van der Waals surface area contributed by atoms with Gasteiger partial charge in [-0.2, -0.15) is 0 Å². The maximum absolute atomic E-state index is 12.0. The number of esters is 1. The Bertz CT molecular complexity index is 628. The van der Waals surface area contributed by atoms with Crippen LogP contribution in [-0.4, -0.2) is 31.5 Å². The molecule has 6 heteroatoms. The quantitative estimate of drug-likeness (QED) is 0.0351. The first-order valence-electron chi connectivity index (χ1n) is 23.1. The van der Waals surface area contributed by atoms with Crippen molar-refractivity contribution < 1.29 is 18.6 Å². The fourth-order valence-electron chi connectivity index (χ4n) is 6.63. The first-order valence-corrected chi connectivity index (χ1v) is 25.9. The average Bonchev–Trinajstić information content (AvgIpc) is 3.13. The monoisotopic (exact) mass is 759 g/mol. The van der Waals surface area contributed by atoms with Crippen molar-refractivity contribution in [3.05, 3.63) is 0 Å².